The molecule has 4 rings (SSSR count). The Balaban J connectivity index is 1.36. The van der Waals surface area contributed by atoms with Gasteiger partial charge in [0, 0.05) is 29.8 Å². The summed E-state index contributed by atoms with van der Waals surface area (Å²) in [6.07, 6.45) is 5.38. The van der Waals surface area contributed by atoms with Gasteiger partial charge in [-0.05, 0) is 75.5 Å². The van der Waals surface area contributed by atoms with Gasteiger partial charge in [0.05, 0.1) is 19.7 Å². The maximum Gasteiger partial charge on any atom is 0.161 e. The summed E-state index contributed by atoms with van der Waals surface area (Å²) >= 11 is 0. The maximum atomic E-state index is 12.1. The highest BCUT2D eigenvalue weighted by Crippen LogP contribution is 2.34. The number of fused-ring (bicyclic) bond motifs is 1. The van der Waals surface area contributed by atoms with Gasteiger partial charge in [-0.2, -0.15) is 0 Å². The number of nitrogens with zero attached hydrogens (tertiary/aromatic N) is 2. The normalized spacial score (nSPS) is 15.3. The van der Waals surface area contributed by atoms with Crippen LogP contribution in [0.5, 0.6) is 11.5 Å². The largest absolute Gasteiger partial charge is 0.497 e. The van der Waals surface area contributed by atoms with E-state index in [9.17, 15) is 4.79 Å². The zero-order chi connectivity index (χ0) is 21.8. The molecule has 0 aliphatic carbocycles. The lowest BCUT2D eigenvalue weighted by Gasteiger charge is -2.32. The van der Waals surface area contributed by atoms with Crippen molar-refractivity contribution in [3.63, 3.8) is 0 Å². The minimum atomic E-state index is 0.104. The van der Waals surface area contributed by atoms with Gasteiger partial charge in [0.25, 0.3) is 0 Å². The van der Waals surface area contributed by atoms with Crippen molar-refractivity contribution < 1.29 is 14.3 Å². The van der Waals surface area contributed by atoms with E-state index in [-0.39, 0.29) is 5.78 Å². The predicted octanol–water partition coefficient (Wildman–Crippen LogP) is 5.13. The van der Waals surface area contributed by atoms with Crippen LogP contribution in [-0.2, 0) is 6.54 Å². The first-order valence-corrected chi connectivity index (χ1v) is 11.1. The molecule has 0 unspecified atom stereocenters. The second kappa shape index (κ2) is 9.56. The first kappa shape index (κ1) is 21.4. The van der Waals surface area contributed by atoms with Gasteiger partial charge >= 0.3 is 0 Å². The molecular weight excluding hydrogens is 388 g/mol. The second-order valence-corrected chi connectivity index (χ2v) is 8.39. The summed E-state index contributed by atoms with van der Waals surface area (Å²) in [6, 6.07) is 14.4. The highest BCUT2D eigenvalue weighted by atomic mass is 16.5. The van der Waals surface area contributed by atoms with Crippen LogP contribution >= 0.6 is 0 Å². The van der Waals surface area contributed by atoms with Crippen LogP contribution in [0.1, 0.15) is 48.0 Å². The lowest BCUT2D eigenvalue weighted by atomic mass is 9.89. The van der Waals surface area contributed by atoms with Crippen molar-refractivity contribution in [1.82, 2.24) is 9.47 Å². The van der Waals surface area contributed by atoms with Gasteiger partial charge in [0.1, 0.15) is 11.5 Å². The van der Waals surface area contributed by atoms with Gasteiger partial charge < -0.3 is 18.9 Å². The van der Waals surface area contributed by atoms with E-state index >= 15 is 0 Å². The molecule has 3 aromatic rings. The molecular formula is C26H32N2O3. The molecule has 0 N–H and O–H groups in total. The van der Waals surface area contributed by atoms with Crippen LogP contribution < -0.4 is 9.47 Å². The van der Waals surface area contributed by atoms with Crippen molar-refractivity contribution >= 4 is 16.7 Å². The Morgan fingerprint density at radius 2 is 1.81 bits per heavy atom. The number of para-hydroxylation sites is 1. The number of ether oxygens (including phenoxy) is 2. The smallest absolute Gasteiger partial charge is 0.161 e. The average molecular weight is 421 g/mol. The zero-order valence-corrected chi connectivity index (χ0v) is 18.8. The number of piperidine rings is 1. The van der Waals surface area contributed by atoms with E-state index in [1.54, 1.807) is 21.1 Å². The van der Waals surface area contributed by atoms with E-state index < -0.39 is 0 Å². The Kier molecular flexibility index (Phi) is 6.62. The van der Waals surface area contributed by atoms with Crippen LogP contribution in [0, 0.1) is 0 Å². The molecule has 0 bridgehead atoms. The number of hydrogen-bond donors (Lipinski definition) is 0. The first-order chi connectivity index (χ1) is 15.1. The van der Waals surface area contributed by atoms with Gasteiger partial charge in [0.2, 0.25) is 0 Å². The monoisotopic (exact) mass is 420 g/mol. The first-order valence-electron chi connectivity index (χ1n) is 11.1. The van der Waals surface area contributed by atoms with Gasteiger partial charge in [-0.25, -0.2) is 0 Å². The van der Waals surface area contributed by atoms with Crippen molar-refractivity contribution in [3.8, 4) is 11.5 Å². The van der Waals surface area contributed by atoms with Crippen molar-refractivity contribution in [2.75, 3.05) is 33.9 Å². The minimum Gasteiger partial charge on any atom is -0.497 e. The fourth-order valence-electron chi connectivity index (χ4n) is 4.80. The van der Waals surface area contributed by atoms with Gasteiger partial charge in [0.15, 0.2) is 5.78 Å². The SMILES string of the molecule is COc1ccc2c(C(C)=O)cn(CCCN3CCC(c4ccccc4OC)CC3)c2c1. The summed E-state index contributed by atoms with van der Waals surface area (Å²) in [5.41, 5.74) is 3.20. The van der Waals surface area contributed by atoms with Crippen molar-refractivity contribution in [1.29, 1.82) is 0 Å². The van der Waals surface area contributed by atoms with Crippen molar-refractivity contribution in [3.05, 3.63) is 59.8 Å². The molecule has 1 aliphatic heterocycles. The Labute approximate surface area is 184 Å². The number of benzene rings is 2. The highest BCUT2D eigenvalue weighted by molar-refractivity contribution is 6.07. The molecule has 5 nitrogen and oxygen atoms in total. The van der Waals surface area contributed by atoms with Gasteiger partial charge in [-0.3, -0.25) is 4.79 Å². The number of carbonyl (C=O) groups excluding carboxylic acids is 1. The minimum absolute atomic E-state index is 0.104. The maximum absolute atomic E-state index is 12.1. The van der Waals surface area contributed by atoms with Gasteiger partial charge in [-0.15, -0.1) is 0 Å². The van der Waals surface area contributed by atoms with E-state index in [2.05, 4.69) is 27.7 Å². The number of rotatable bonds is 8. The molecule has 0 atom stereocenters. The van der Waals surface area contributed by atoms with Crippen LogP contribution in [0.2, 0.25) is 0 Å². The summed E-state index contributed by atoms with van der Waals surface area (Å²) < 4.78 is 13.2. The molecule has 31 heavy (non-hydrogen) atoms. The number of hydrogen-bond acceptors (Lipinski definition) is 4. The van der Waals surface area contributed by atoms with E-state index in [1.807, 2.05) is 30.5 Å². The number of aromatic nitrogens is 1. The molecule has 164 valence electrons. The molecule has 0 spiro atoms. The van der Waals surface area contributed by atoms with E-state index in [4.69, 9.17) is 9.47 Å². The van der Waals surface area contributed by atoms with E-state index in [1.165, 1.54) is 18.4 Å². The third-order valence-corrected chi connectivity index (χ3v) is 6.51. The van der Waals surface area contributed by atoms with Crippen LogP contribution in [0.15, 0.2) is 48.7 Å². The zero-order valence-electron chi connectivity index (χ0n) is 18.8. The number of methoxy groups -OCH3 is 2. The fraction of sp³-hybridized carbons (Fsp3) is 0.423. The summed E-state index contributed by atoms with van der Waals surface area (Å²) in [6.45, 7) is 5.82. The predicted molar refractivity (Wildman–Crippen MR) is 125 cm³/mol. The Morgan fingerprint density at radius 3 is 2.52 bits per heavy atom. The molecule has 1 aromatic heterocycles. The Bertz CT molecular complexity index is 1050. The molecule has 0 radical (unpaired) electrons. The highest BCUT2D eigenvalue weighted by Gasteiger charge is 2.22. The van der Waals surface area contributed by atoms with E-state index in [0.29, 0.717) is 5.92 Å². The van der Waals surface area contributed by atoms with Crippen LogP contribution in [0.3, 0.4) is 0 Å². The van der Waals surface area contributed by atoms with Crippen molar-refractivity contribution in [2.24, 2.45) is 0 Å². The summed E-state index contributed by atoms with van der Waals surface area (Å²) in [5.74, 6) is 2.51. The number of ketones is 1. The lowest BCUT2D eigenvalue weighted by Crippen LogP contribution is -2.34. The summed E-state index contributed by atoms with van der Waals surface area (Å²) in [7, 11) is 3.43. The van der Waals surface area contributed by atoms with Crippen LogP contribution in [-0.4, -0.2) is 49.1 Å². The molecule has 1 aliphatic rings. The Morgan fingerprint density at radius 1 is 1.03 bits per heavy atom. The molecule has 1 saturated heterocycles. The molecule has 2 heterocycles. The lowest BCUT2D eigenvalue weighted by molar-refractivity contribution is 0.101. The molecule has 0 saturated carbocycles. The third kappa shape index (κ3) is 4.62. The number of carbonyl (C=O) groups is 1. The van der Waals surface area contributed by atoms with Crippen LogP contribution in [0.4, 0.5) is 0 Å². The third-order valence-electron chi connectivity index (χ3n) is 6.51. The second-order valence-electron chi connectivity index (χ2n) is 8.39. The summed E-state index contributed by atoms with van der Waals surface area (Å²) in [5, 5.41) is 1.01. The van der Waals surface area contributed by atoms with Gasteiger partial charge in [-0.1, -0.05) is 18.2 Å². The number of Topliss-reactive ketones (excluding diaryl/α,β-unsaturated/α-hetero) is 1. The topological polar surface area (TPSA) is 43.7 Å². The van der Waals surface area contributed by atoms with E-state index in [0.717, 1.165) is 60.6 Å². The Hall–Kier alpha value is -2.79. The number of likely N-dealkylation sites (tertiary alicyclic amines) is 1. The molecule has 0 amide bonds. The standard InChI is InChI=1S/C26H32N2O3/c1-19(29)24-18-28(25-17-21(30-2)9-10-23(24)25)14-6-13-27-15-11-20(12-16-27)22-7-4-5-8-26(22)31-3/h4-5,7-10,17-18,20H,6,11-16H2,1-3H3. The number of aryl methyl sites for hydroxylation is 1. The quantitative estimate of drug-likeness (QED) is 0.474. The molecule has 1 fully saturated rings. The van der Waals surface area contributed by atoms with Crippen molar-refractivity contribution in [2.45, 2.75) is 38.6 Å². The molecule has 2 aromatic carbocycles. The summed E-state index contributed by atoms with van der Waals surface area (Å²) in [4.78, 5) is 14.6. The fourth-order valence-corrected chi connectivity index (χ4v) is 4.80. The van der Waals surface area contributed by atoms with Crippen LogP contribution in [0.25, 0.3) is 10.9 Å². The molecule has 5 heteroatoms. The average Bonchev–Trinajstić information content (AvgIpc) is 3.17.